The lowest BCUT2D eigenvalue weighted by atomic mass is 10.2. The molecule has 0 unspecified atom stereocenters. The highest BCUT2D eigenvalue weighted by molar-refractivity contribution is 5.83. The fourth-order valence-electron chi connectivity index (χ4n) is 1.63. The van der Waals surface area contributed by atoms with Crippen LogP contribution in [0, 0.1) is 0 Å². The molecule has 1 aliphatic heterocycles. The number of aliphatic hydroxyl groups is 1. The van der Waals surface area contributed by atoms with E-state index < -0.39 is 36.2 Å². The second-order valence-corrected chi connectivity index (χ2v) is 4.85. The van der Waals surface area contributed by atoms with Crippen LogP contribution in [0.2, 0.25) is 0 Å². The molecule has 0 aromatic heterocycles. The number of hydrogen-bond acceptors (Lipinski definition) is 7. The summed E-state index contributed by atoms with van der Waals surface area (Å²) >= 11 is 0. The van der Waals surface area contributed by atoms with Gasteiger partial charge in [0.2, 0.25) is 0 Å². The predicted molar refractivity (Wildman–Crippen MR) is 75.6 cm³/mol. The maximum absolute atomic E-state index is 11.7. The second kappa shape index (κ2) is 8.99. The molecule has 1 rings (SSSR count). The Morgan fingerprint density at radius 2 is 1.82 bits per heavy atom. The van der Waals surface area contributed by atoms with Gasteiger partial charge in [-0.05, 0) is 19.9 Å². The van der Waals surface area contributed by atoms with Gasteiger partial charge in [0.15, 0.2) is 0 Å². The number of rotatable bonds is 0. The molecule has 1 N–H and O–H groups in total. The Kier molecular flexibility index (Phi) is 7.31. The molecule has 7 nitrogen and oxygen atoms in total. The minimum Gasteiger partial charge on any atom is -0.462 e. The van der Waals surface area contributed by atoms with Crippen molar-refractivity contribution in [1.29, 1.82) is 0 Å². The van der Waals surface area contributed by atoms with Gasteiger partial charge in [-0.25, -0.2) is 9.59 Å². The van der Waals surface area contributed by atoms with Crippen LogP contribution in [0.3, 0.4) is 0 Å². The van der Waals surface area contributed by atoms with Gasteiger partial charge in [-0.1, -0.05) is 6.08 Å². The first kappa shape index (κ1) is 17.9. The van der Waals surface area contributed by atoms with Crippen LogP contribution in [0.15, 0.2) is 24.3 Å². The van der Waals surface area contributed by atoms with Crippen LogP contribution < -0.4 is 0 Å². The number of carbonyl (C=O) groups excluding carboxylic acids is 3. The minimum absolute atomic E-state index is 0.100. The van der Waals surface area contributed by atoms with Gasteiger partial charge < -0.3 is 19.3 Å². The molecule has 0 aromatic rings. The fraction of sp³-hybridized carbons (Fsp3) is 0.533. The zero-order valence-corrected chi connectivity index (χ0v) is 12.6. The first-order valence-electron chi connectivity index (χ1n) is 6.98. The molecule has 0 spiro atoms. The van der Waals surface area contributed by atoms with Crippen molar-refractivity contribution in [3.8, 4) is 0 Å². The van der Waals surface area contributed by atoms with E-state index >= 15 is 0 Å². The molecule has 22 heavy (non-hydrogen) atoms. The number of aliphatic hydroxyl groups excluding tert-OH is 1. The van der Waals surface area contributed by atoms with E-state index in [4.69, 9.17) is 14.2 Å². The van der Waals surface area contributed by atoms with Crippen molar-refractivity contribution in [2.24, 2.45) is 0 Å². The number of hydrogen-bond donors (Lipinski definition) is 1. The van der Waals surface area contributed by atoms with Crippen molar-refractivity contribution in [1.82, 2.24) is 0 Å². The topological polar surface area (TPSA) is 99.1 Å². The molecule has 0 bridgehead atoms. The summed E-state index contributed by atoms with van der Waals surface area (Å²) in [6, 6.07) is 0. The number of ether oxygens (including phenoxy) is 3. The molecule has 0 aromatic carbocycles. The maximum atomic E-state index is 11.7. The Morgan fingerprint density at radius 1 is 1.09 bits per heavy atom. The van der Waals surface area contributed by atoms with Gasteiger partial charge in [0.25, 0.3) is 0 Å². The van der Waals surface area contributed by atoms with E-state index in [2.05, 4.69) is 0 Å². The van der Waals surface area contributed by atoms with Crippen LogP contribution in [0.25, 0.3) is 0 Å². The van der Waals surface area contributed by atoms with Crippen LogP contribution in [-0.2, 0) is 28.6 Å². The first-order chi connectivity index (χ1) is 10.4. The summed E-state index contributed by atoms with van der Waals surface area (Å²) < 4.78 is 14.9. The molecule has 0 saturated heterocycles. The van der Waals surface area contributed by atoms with Crippen molar-refractivity contribution >= 4 is 17.9 Å². The molecule has 0 saturated carbocycles. The molecule has 0 fully saturated rings. The summed E-state index contributed by atoms with van der Waals surface area (Å²) in [5.41, 5.74) is 0. The van der Waals surface area contributed by atoms with E-state index in [9.17, 15) is 19.5 Å². The fourth-order valence-corrected chi connectivity index (χ4v) is 1.63. The summed E-state index contributed by atoms with van der Waals surface area (Å²) in [6.07, 6.45) is 2.60. The molecule has 1 aliphatic rings. The third-order valence-corrected chi connectivity index (χ3v) is 2.78. The van der Waals surface area contributed by atoms with E-state index in [1.54, 1.807) is 6.92 Å². The predicted octanol–water partition coefficient (Wildman–Crippen LogP) is 0.660. The highest BCUT2D eigenvalue weighted by atomic mass is 16.6. The SMILES string of the molecule is C[C@@H]1OC(=O)C[C@H](C)OC(=O)/C=C\CCOC(=O)/C=C\[C@H]1O. The average Bonchev–Trinajstić information content (AvgIpc) is 2.42. The van der Waals surface area contributed by atoms with Crippen LogP contribution in [-0.4, -0.2) is 47.9 Å². The van der Waals surface area contributed by atoms with Gasteiger partial charge in [0, 0.05) is 18.6 Å². The van der Waals surface area contributed by atoms with Gasteiger partial charge >= 0.3 is 17.9 Å². The van der Waals surface area contributed by atoms with Gasteiger partial charge in [-0.3, -0.25) is 4.79 Å². The van der Waals surface area contributed by atoms with Crippen molar-refractivity contribution in [2.75, 3.05) is 6.61 Å². The lowest BCUT2D eigenvalue weighted by molar-refractivity contribution is -0.157. The number of cyclic esters (lactones) is 3. The molecule has 0 radical (unpaired) electrons. The molecule has 122 valence electrons. The van der Waals surface area contributed by atoms with Gasteiger partial charge in [0.1, 0.15) is 18.3 Å². The lowest BCUT2D eigenvalue weighted by Crippen LogP contribution is -2.29. The first-order valence-corrected chi connectivity index (χ1v) is 6.98. The van der Waals surface area contributed by atoms with Crippen LogP contribution in [0.5, 0.6) is 0 Å². The van der Waals surface area contributed by atoms with E-state index in [1.807, 2.05) is 0 Å². The third-order valence-electron chi connectivity index (χ3n) is 2.78. The lowest BCUT2D eigenvalue weighted by Gasteiger charge is -2.18. The van der Waals surface area contributed by atoms with E-state index in [0.717, 1.165) is 6.08 Å². The van der Waals surface area contributed by atoms with E-state index in [1.165, 1.54) is 25.2 Å². The zero-order valence-electron chi connectivity index (χ0n) is 12.6. The Hall–Kier alpha value is -2.15. The van der Waals surface area contributed by atoms with Gasteiger partial charge in [-0.15, -0.1) is 0 Å². The molecule has 3 atom stereocenters. The molecule has 0 aliphatic carbocycles. The summed E-state index contributed by atoms with van der Waals surface area (Å²) in [5.74, 6) is -1.83. The zero-order chi connectivity index (χ0) is 16.5. The van der Waals surface area contributed by atoms with Crippen molar-refractivity contribution in [2.45, 2.75) is 45.0 Å². The molecule has 1 heterocycles. The smallest absolute Gasteiger partial charge is 0.330 e. The second-order valence-electron chi connectivity index (χ2n) is 4.85. The standard InChI is InChI=1S/C15H20O7/c1-10-9-15(19)22-11(2)12(16)6-7-13(17)20-8-4-3-5-14(18)21-10/h3,5-7,10-12,16H,4,8-9H2,1-2H3/b5-3-,7-6-/t10-,11-,12+/m0/s1. The normalized spacial score (nSPS) is 31.6. The summed E-state index contributed by atoms with van der Waals surface area (Å²) in [7, 11) is 0. The third kappa shape index (κ3) is 7.03. The quantitative estimate of drug-likeness (QED) is 0.518. The molecular weight excluding hydrogens is 292 g/mol. The van der Waals surface area contributed by atoms with Crippen LogP contribution in [0.1, 0.15) is 26.7 Å². The highest BCUT2D eigenvalue weighted by Gasteiger charge is 2.20. The van der Waals surface area contributed by atoms with Gasteiger partial charge in [-0.2, -0.15) is 0 Å². The Morgan fingerprint density at radius 3 is 2.55 bits per heavy atom. The molecular formula is C15H20O7. The van der Waals surface area contributed by atoms with Crippen LogP contribution >= 0.6 is 0 Å². The molecule has 7 heteroatoms. The Bertz CT molecular complexity index is 467. The van der Waals surface area contributed by atoms with Crippen molar-refractivity contribution in [3.63, 3.8) is 0 Å². The average molecular weight is 312 g/mol. The largest absolute Gasteiger partial charge is 0.462 e. The number of carbonyl (C=O) groups is 3. The summed E-state index contributed by atoms with van der Waals surface area (Å²) in [4.78, 5) is 34.5. The monoisotopic (exact) mass is 312 g/mol. The van der Waals surface area contributed by atoms with E-state index in [-0.39, 0.29) is 13.0 Å². The summed E-state index contributed by atoms with van der Waals surface area (Å²) in [5, 5.41) is 9.76. The maximum Gasteiger partial charge on any atom is 0.330 e. The molecule has 0 amide bonds. The van der Waals surface area contributed by atoms with Crippen molar-refractivity contribution in [3.05, 3.63) is 24.3 Å². The Balaban J connectivity index is 2.74. The summed E-state index contributed by atoms with van der Waals surface area (Å²) in [6.45, 7) is 3.16. The minimum atomic E-state index is -1.14. The van der Waals surface area contributed by atoms with Crippen molar-refractivity contribution < 1.29 is 33.7 Å². The van der Waals surface area contributed by atoms with E-state index in [0.29, 0.717) is 6.42 Å². The number of esters is 3. The van der Waals surface area contributed by atoms with Crippen LogP contribution in [0.4, 0.5) is 0 Å². The van der Waals surface area contributed by atoms with Gasteiger partial charge in [0.05, 0.1) is 13.0 Å². The Labute approximate surface area is 128 Å². The highest BCUT2D eigenvalue weighted by Crippen LogP contribution is 2.07.